The SMILES string of the molecule is C#CCN(C)C(=O)c1cc(S)ccc1Br. The van der Waals surface area contributed by atoms with E-state index >= 15 is 0 Å². The number of rotatable bonds is 2. The molecule has 0 saturated carbocycles. The molecule has 0 radical (unpaired) electrons. The van der Waals surface area contributed by atoms with Gasteiger partial charge in [-0.05, 0) is 34.1 Å². The monoisotopic (exact) mass is 283 g/mol. The van der Waals surface area contributed by atoms with Gasteiger partial charge in [0.05, 0.1) is 12.1 Å². The number of amides is 1. The van der Waals surface area contributed by atoms with Crippen molar-refractivity contribution in [2.75, 3.05) is 13.6 Å². The Bertz CT molecular complexity index is 425. The van der Waals surface area contributed by atoms with Crippen LogP contribution >= 0.6 is 28.6 Å². The maximum atomic E-state index is 11.9. The molecule has 0 saturated heterocycles. The highest BCUT2D eigenvalue weighted by atomic mass is 79.9. The molecular formula is C11H10BrNOS. The average molecular weight is 284 g/mol. The fourth-order valence-corrected chi connectivity index (χ4v) is 1.71. The number of terminal acetylenes is 1. The summed E-state index contributed by atoms with van der Waals surface area (Å²) in [6, 6.07) is 5.31. The molecule has 0 N–H and O–H groups in total. The van der Waals surface area contributed by atoms with E-state index in [0.717, 1.165) is 9.37 Å². The molecule has 0 aromatic heterocycles. The molecule has 1 aromatic carbocycles. The van der Waals surface area contributed by atoms with Crippen molar-refractivity contribution in [3.63, 3.8) is 0 Å². The molecule has 0 fully saturated rings. The van der Waals surface area contributed by atoms with E-state index in [1.807, 2.05) is 6.07 Å². The Morgan fingerprint density at radius 2 is 2.33 bits per heavy atom. The second kappa shape index (κ2) is 5.24. The summed E-state index contributed by atoms with van der Waals surface area (Å²) in [5.74, 6) is 2.31. The van der Waals surface area contributed by atoms with Crippen molar-refractivity contribution in [2.45, 2.75) is 4.90 Å². The Labute approximate surface area is 103 Å². The maximum Gasteiger partial charge on any atom is 0.255 e. The first-order valence-electron chi connectivity index (χ1n) is 4.23. The van der Waals surface area contributed by atoms with Gasteiger partial charge < -0.3 is 4.90 Å². The minimum atomic E-state index is -0.115. The molecule has 0 aliphatic carbocycles. The van der Waals surface area contributed by atoms with Crippen LogP contribution in [0.5, 0.6) is 0 Å². The lowest BCUT2D eigenvalue weighted by atomic mass is 10.2. The van der Waals surface area contributed by atoms with Gasteiger partial charge in [-0.2, -0.15) is 0 Å². The molecule has 78 valence electrons. The molecule has 2 nitrogen and oxygen atoms in total. The van der Waals surface area contributed by atoms with Crippen LogP contribution in [0, 0.1) is 12.3 Å². The zero-order chi connectivity index (χ0) is 11.4. The second-order valence-corrected chi connectivity index (χ2v) is 4.40. The van der Waals surface area contributed by atoms with Gasteiger partial charge in [-0.15, -0.1) is 19.1 Å². The van der Waals surface area contributed by atoms with Crippen molar-refractivity contribution in [3.8, 4) is 12.3 Å². The lowest BCUT2D eigenvalue weighted by molar-refractivity contribution is 0.0811. The van der Waals surface area contributed by atoms with E-state index in [0.29, 0.717) is 12.1 Å². The summed E-state index contributed by atoms with van der Waals surface area (Å²) < 4.78 is 0.745. The Morgan fingerprint density at radius 3 is 2.93 bits per heavy atom. The summed E-state index contributed by atoms with van der Waals surface area (Å²) >= 11 is 7.50. The summed E-state index contributed by atoms with van der Waals surface area (Å²) in [5, 5.41) is 0. The van der Waals surface area contributed by atoms with Crippen LogP contribution in [0.4, 0.5) is 0 Å². The van der Waals surface area contributed by atoms with Gasteiger partial charge in [0.25, 0.3) is 5.91 Å². The number of benzene rings is 1. The predicted octanol–water partition coefficient (Wildman–Crippen LogP) is 2.44. The molecule has 0 aliphatic rings. The highest BCUT2D eigenvalue weighted by molar-refractivity contribution is 9.10. The number of carbonyl (C=O) groups excluding carboxylic acids is 1. The van der Waals surface area contributed by atoms with E-state index in [4.69, 9.17) is 6.42 Å². The van der Waals surface area contributed by atoms with E-state index in [2.05, 4.69) is 34.5 Å². The highest BCUT2D eigenvalue weighted by Crippen LogP contribution is 2.21. The molecule has 0 atom stereocenters. The number of hydrogen-bond donors (Lipinski definition) is 1. The average Bonchev–Trinajstić information content (AvgIpc) is 2.21. The number of hydrogen-bond acceptors (Lipinski definition) is 2. The Kier molecular flexibility index (Phi) is 4.25. The third-order valence-electron chi connectivity index (χ3n) is 1.86. The molecule has 0 bridgehead atoms. The van der Waals surface area contributed by atoms with E-state index in [1.54, 1.807) is 19.2 Å². The van der Waals surface area contributed by atoms with Crippen LogP contribution in [-0.2, 0) is 0 Å². The third kappa shape index (κ3) is 3.01. The fraction of sp³-hybridized carbons (Fsp3) is 0.182. The van der Waals surface area contributed by atoms with Crippen LogP contribution in [-0.4, -0.2) is 24.4 Å². The number of halogens is 1. The van der Waals surface area contributed by atoms with Crippen molar-refractivity contribution < 1.29 is 4.79 Å². The summed E-state index contributed by atoms with van der Waals surface area (Å²) in [6.07, 6.45) is 5.14. The van der Waals surface area contributed by atoms with Gasteiger partial charge in [-0.3, -0.25) is 4.79 Å². The first kappa shape index (κ1) is 12.2. The van der Waals surface area contributed by atoms with Crippen molar-refractivity contribution in [3.05, 3.63) is 28.2 Å². The van der Waals surface area contributed by atoms with Crippen LogP contribution in [0.3, 0.4) is 0 Å². The molecule has 0 heterocycles. The lowest BCUT2D eigenvalue weighted by Crippen LogP contribution is -2.27. The summed E-state index contributed by atoms with van der Waals surface area (Å²) in [6.45, 7) is 0.294. The minimum Gasteiger partial charge on any atom is -0.331 e. The predicted molar refractivity (Wildman–Crippen MR) is 67.2 cm³/mol. The highest BCUT2D eigenvalue weighted by Gasteiger charge is 2.13. The molecule has 15 heavy (non-hydrogen) atoms. The maximum absolute atomic E-state index is 11.9. The van der Waals surface area contributed by atoms with Gasteiger partial charge in [-0.25, -0.2) is 0 Å². The van der Waals surface area contributed by atoms with Crippen LogP contribution in [0.15, 0.2) is 27.6 Å². The van der Waals surface area contributed by atoms with Crippen molar-refractivity contribution in [1.82, 2.24) is 4.90 Å². The first-order chi connectivity index (χ1) is 7.06. The summed E-state index contributed by atoms with van der Waals surface area (Å²) in [4.78, 5) is 14.1. The number of thiol groups is 1. The van der Waals surface area contributed by atoms with E-state index < -0.39 is 0 Å². The zero-order valence-electron chi connectivity index (χ0n) is 8.20. The fourth-order valence-electron chi connectivity index (χ4n) is 1.09. The standard InChI is InChI=1S/C11H10BrNOS/c1-3-6-13(2)11(14)9-7-8(15)4-5-10(9)12/h1,4-5,7,15H,6H2,2H3. The molecule has 4 heteroatoms. The van der Waals surface area contributed by atoms with Crippen LogP contribution in [0.1, 0.15) is 10.4 Å². The molecule has 0 spiro atoms. The number of carbonyl (C=O) groups is 1. The van der Waals surface area contributed by atoms with Gasteiger partial charge in [0.2, 0.25) is 0 Å². The molecule has 1 amide bonds. The third-order valence-corrected chi connectivity index (χ3v) is 2.83. The van der Waals surface area contributed by atoms with Gasteiger partial charge in [0, 0.05) is 16.4 Å². The second-order valence-electron chi connectivity index (χ2n) is 3.03. The van der Waals surface area contributed by atoms with Crippen LogP contribution < -0.4 is 0 Å². The molecular weight excluding hydrogens is 274 g/mol. The Morgan fingerprint density at radius 1 is 1.67 bits per heavy atom. The molecule has 1 rings (SSSR count). The first-order valence-corrected chi connectivity index (χ1v) is 5.47. The van der Waals surface area contributed by atoms with Gasteiger partial charge >= 0.3 is 0 Å². The van der Waals surface area contributed by atoms with Crippen LogP contribution in [0.2, 0.25) is 0 Å². The van der Waals surface area contributed by atoms with Crippen molar-refractivity contribution >= 4 is 34.5 Å². The van der Waals surface area contributed by atoms with Gasteiger partial charge in [0.1, 0.15) is 0 Å². The summed E-state index contributed by atoms with van der Waals surface area (Å²) in [7, 11) is 1.67. The zero-order valence-corrected chi connectivity index (χ0v) is 10.7. The van der Waals surface area contributed by atoms with Gasteiger partial charge in [0.15, 0.2) is 0 Å². The topological polar surface area (TPSA) is 20.3 Å². The Balaban J connectivity index is 3.01. The van der Waals surface area contributed by atoms with E-state index in [9.17, 15) is 4.79 Å². The normalized spacial score (nSPS) is 9.47. The minimum absolute atomic E-state index is 0.115. The molecule has 0 aliphatic heterocycles. The quantitative estimate of drug-likeness (QED) is 0.653. The molecule has 0 unspecified atom stereocenters. The van der Waals surface area contributed by atoms with Crippen molar-refractivity contribution in [2.24, 2.45) is 0 Å². The smallest absolute Gasteiger partial charge is 0.255 e. The largest absolute Gasteiger partial charge is 0.331 e. The van der Waals surface area contributed by atoms with Crippen molar-refractivity contribution in [1.29, 1.82) is 0 Å². The van der Waals surface area contributed by atoms with Crippen LogP contribution in [0.25, 0.3) is 0 Å². The van der Waals surface area contributed by atoms with E-state index in [1.165, 1.54) is 4.90 Å². The molecule has 1 aromatic rings. The summed E-state index contributed by atoms with van der Waals surface area (Å²) in [5.41, 5.74) is 0.570. The Hall–Kier alpha value is -0.920. The number of nitrogens with zero attached hydrogens (tertiary/aromatic N) is 1. The van der Waals surface area contributed by atoms with Gasteiger partial charge in [-0.1, -0.05) is 5.92 Å². The van der Waals surface area contributed by atoms with E-state index in [-0.39, 0.29) is 5.91 Å². The lowest BCUT2D eigenvalue weighted by Gasteiger charge is -2.15.